The fourth-order valence-corrected chi connectivity index (χ4v) is 1.89. The average Bonchev–Trinajstić information content (AvgIpc) is 2.40. The molecule has 2 aromatic rings. The van der Waals surface area contributed by atoms with Crippen LogP contribution >= 0.6 is 0 Å². The Morgan fingerprint density at radius 2 is 1.75 bits per heavy atom. The van der Waals surface area contributed by atoms with Gasteiger partial charge in [0.1, 0.15) is 0 Å². The molecule has 0 radical (unpaired) electrons. The van der Waals surface area contributed by atoms with Crippen LogP contribution in [0.4, 0.5) is 13.2 Å². The third kappa shape index (κ3) is 2.99. The quantitative estimate of drug-likeness (QED) is 0.909. The number of nitrogens with two attached hydrogens (primary N) is 1. The molecule has 20 heavy (non-hydrogen) atoms. The molecule has 1 unspecified atom stereocenters. The van der Waals surface area contributed by atoms with E-state index in [0.29, 0.717) is 5.69 Å². The molecule has 0 aliphatic heterocycles. The summed E-state index contributed by atoms with van der Waals surface area (Å²) in [6.45, 7) is 3.95. The first-order valence-electron chi connectivity index (χ1n) is 6.15. The van der Waals surface area contributed by atoms with Crippen LogP contribution in [0.25, 0.3) is 0 Å². The molecule has 0 amide bonds. The van der Waals surface area contributed by atoms with Crippen molar-refractivity contribution in [2.75, 3.05) is 0 Å². The average molecular weight is 280 g/mol. The number of aryl methyl sites for hydroxylation is 2. The second kappa shape index (κ2) is 5.25. The zero-order valence-corrected chi connectivity index (χ0v) is 11.2. The van der Waals surface area contributed by atoms with Crippen molar-refractivity contribution >= 4 is 0 Å². The monoisotopic (exact) mass is 280 g/mol. The lowest BCUT2D eigenvalue weighted by Gasteiger charge is -2.14. The van der Waals surface area contributed by atoms with Crippen LogP contribution in [0.1, 0.15) is 34.0 Å². The van der Waals surface area contributed by atoms with Crippen molar-refractivity contribution in [1.82, 2.24) is 4.98 Å². The van der Waals surface area contributed by atoms with E-state index in [9.17, 15) is 13.2 Å². The molecule has 2 rings (SSSR count). The molecule has 1 aromatic carbocycles. The Balaban J connectivity index is 2.29. The van der Waals surface area contributed by atoms with Crippen LogP contribution in [-0.2, 0) is 6.18 Å². The summed E-state index contributed by atoms with van der Waals surface area (Å²) in [6, 6.07) is 7.53. The van der Waals surface area contributed by atoms with E-state index in [4.69, 9.17) is 5.73 Å². The number of pyridine rings is 1. The molecule has 5 heteroatoms. The molecule has 0 bridgehead atoms. The maximum absolute atomic E-state index is 12.5. The van der Waals surface area contributed by atoms with Gasteiger partial charge < -0.3 is 5.73 Å². The number of aromatic nitrogens is 1. The minimum atomic E-state index is -4.38. The summed E-state index contributed by atoms with van der Waals surface area (Å²) in [6.07, 6.45) is -3.56. The summed E-state index contributed by atoms with van der Waals surface area (Å²) in [5, 5.41) is 0. The zero-order chi connectivity index (χ0) is 14.9. The Morgan fingerprint density at radius 1 is 1.05 bits per heavy atom. The lowest BCUT2D eigenvalue weighted by molar-refractivity contribution is -0.137. The fraction of sp³-hybridized carbons (Fsp3) is 0.267. The summed E-state index contributed by atoms with van der Waals surface area (Å²) < 4.78 is 37.4. The van der Waals surface area contributed by atoms with E-state index in [0.717, 1.165) is 29.0 Å². The van der Waals surface area contributed by atoms with E-state index in [2.05, 4.69) is 4.98 Å². The highest BCUT2D eigenvalue weighted by Gasteiger charge is 2.30. The van der Waals surface area contributed by atoms with E-state index in [1.165, 1.54) is 6.07 Å². The summed E-state index contributed by atoms with van der Waals surface area (Å²) in [4.78, 5) is 3.83. The molecule has 0 aliphatic carbocycles. The number of benzene rings is 1. The van der Waals surface area contributed by atoms with Gasteiger partial charge >= 0.3 is 6.18 Å². The minimum absolute atomic E-state index is 0.418. The number of nitrogens with zero attached hydrogens (tertiary/aromatic N) is 1. The molecule has 0 saturated heterocycles. The van der Waals surface area contributed by atoms with Gasteiger partial charge in [-0.2, -0.15) is 13.2 Å². The molecule has 0 spiro atoms. The van der Waals surface area contributed by atoms with Crippen molar-refractivity contribution in [3.05, 3.63) is 64.5 Å². The van der Waals surface area contributed by atoms with Crippen molar-refractivity contribution in [1.29, 1.82) is 0 Å². The van der Waals surface area contributed by atoms with Gasteiger partial charge in [0.15, 0.2) is 0 Å². The van der Waals surface area contributed by atoms with E-state index >= 15 is 0 Å². The minimum Gasteiger partial charge on any atom is -0.319 e. The highest BCUT2D eigenvalue weighted by Crippen LogP contribution is 2.29. The molecule has 1 heterocycles. The van der Waals surface area contributed by atoms with E-state index in [-0.39, 0.29) is 0 Å². The molecule has 2 nitrogen and oxygen atoms in total. The van der Waals surface area contributed by atoms with Gasteiger partial charge in [-0.1, -0.05) is 18.2 Å². The lowest BCUT2D eigenvalue weighted by Crippen LogP contribution is -2.15. The fourth-order valence-electron chi connectivity index (χ4n) is 1.89. The van der Waals surface area contributed by atoms with Crippen LogP contribution in [0.3, 0.4) is 0 Å². The third-order valence-corrected chi connectivity index (χ3v) is 3.32. The van der Waals surface area contributed by atoms with Crippen LogP contribution in [0.2, 0.25) is 0 Å². The van der Waals surface area contributed by atoms with Gasteiger partial charge in [-0.15, -0.1) is 0 Å². The molecular formula is C15H15F3N2. The standard InChI is InChI=1S/C15H15F3N2/c1-9-3-4-11(7-10(9)2)14(19)13-6-5-12(8-20-13)15(16,17)18/h3-8,14H,19H2,1-2H3. The van der Waals surface area contributed by atoms with Crippen LogP contribution in [0, 0.1) is 13.8 Å². The summed E-state index contributed by atoms with van der Waals surface area (Å²) in [5.41, 5.74) is 8.76. The Hall–Kier alpha value is -1.88. The molecule has 2 N–H and O–H groups in total. The molecule has 0 aliphatic rings. The predicted octanol–water partition coefficient (Wildman–Crippen LogP) is 3.77. The van der Waals surface area contributed by atoms with Gasteiger partial charge in [-0.3, -0.25) is 4.98 Å². The lowest BCUT2D eigenvalue weighted by atomic mass is 9.99. The largest absolute Gasteiger partial charge is 0.417 e. The normalized spacial score (nSPS) is 13.3. The van der Waals surface area contributed by atoms with Gasteiger partial charge in [0, 0.05) is 6.20 Å². The Bertz CT molecular complexity index is 604. The third-order valence-electron chi connectivity index (χ3n) is 3.32. The second-order valence-electron chi connectivity index (χ2n) is 4.79. The second-order valence-corrected chi connectivity index (χ2v) is 4.79. The van der Waals surface area contributed by atoms with Crippen molar-refractivity contribution < 1.29 is 13.2 Å². The zero-order valence-electron chi connectivity index (χ0n) is 11.2. The molecule has 0 saturated carbocycles. The van der Waals surface area contributed by atoms with Crippen LogP contribution < -0.4 is 5.73 Å². The van der Waals surface area contributed by atoms with Crippen LogP contribution in [-0.4, -0.2) is 4.98 Å². The molecular weight excluding hydrogens is 265 g/mol. The summed E-state index contributed by atoms with van der Waals surface area (Å²) in [5.74, 6) is 0. The maximum atomic E-state index is 12.5. The molecule has 0 fully saturated rings. The topological polar surface area (TPSA) is 38.9 Å². The molecule has 1 aromatic heterocycles. The van der Waals surface area contributed by atoms with E-state index in [1.807, 2.05) is 32.0 Å². The summed E-state index contributed by atoms with van der Waals surface area (Å²) >= 11 is 0. The van der Waals surface area contributed by atoms with Crippen LogP contribution in [0.5, 0.6) is 0 Å². The first kappa shape index (κ1) is 14.5. The first-order chi connectivity index (χ1) is 9.29. The van der Waals surface area contributed by atoms with Crippen molar-refractivity contribution in [3.8, 4) is 0 Å². The van der Waals surface area contributed by atoms with Gasteiger partial charge in [-0.25, -0.2) is 0 Å². The highest BCUT2D eigenvalue weighted by atomic mass is 19.4. The van der Waals surface area contributed by atoms with Gasteiger partial charge in [0.2, 0.25) is 0 Å². The Kier molecular flexibility index (Phi) is 3.81. The van der Waals surface area contributed by atoms with Crippen molar-refractivity contribution in [2.45, 2.75) is 26.1 Å². The van der Waals surface area contributed by atoms with Crippen molar-refractivity contribution in [3.63, 3.8) is 0 Å². The summed E-state index contributed by atoms with van der Waals surface area (Å²) in [7, 11) is 0. The van der Waals surface area contributed by atoms with Crippen LogP contribution in [0.15, 0.2) is 36.5 Å². The number of hydrogen-bond acceptors (Lipinski definition) is 2. The smallest absolute Gasteiger partial charge is 0.319 e. The first-order valence-corrected chi connectivity index (χ1v) is 6.15. The van der Waals surface area contributed by atoms with Gasteiger partial charge in [0.05, 0.1) is 17.3 Å². The number of hydrogen-bond donors (Lipinski definition) is 1. The Morgan fingerprint density at radius 3 is 2.25 bits per heavy atom. The van der Waals surface area contributed by atoms with Crippen molar-refractivity contribution in [2.24, 2.45) is 5.73 Å². The van der Waals surface area contributed by atoms with Gasteiger partial charge in [0.25, 0.3) is 0 Å². The highest BCUT2D eigenvalue weighted by molar-refractivity contribution is 5.35. The molecule has 106 valence electrons. The molecule has 1 atom stereocenters. The number of rotatable bonds is 2. The van der Waals surface area contributed by atoms with E-state index in [1.54, 1.807) is 0 Å². The number of halogens is 3. The van der Waals surface area contributed by atoms with Gasteiger partial charge in [-0.05, 0) is 42.7 Å². The SMILES string of the molecule is Cc1ccc(C(N)c2ccc(C(F)(F)F)cn2)cc1C. The maximum Gasteiger partial charge on any atom is 0.417 e. The van der Waals surface area contributed by atoms with E-state index < -0.39 is 17.8 Å². The number of alkyl halides is 3. The predicted molar refractivity (Wildman–Crippen MR) is 71.2 cm³/mol. The Labute approximate surface area is 115 Å².